The van der Waals surface area contributed by atoms with Gasteiger partial charge in [0.15, 0.2) is 0 Å². The first kappa shape index (κ1) is 20.3. The number of benzene rings is 1. The molecular formula is C17H23FN2O5S. The summed E-state index contributed by atoms with van der Waals surface area (Å²) in [6.45, 7) is 2.97. The quantitative estimate of drug-likeness (QED) is 0.711. The van der Waals surface area contributed by atoms with Crippen molar-refractivity contribution in [3.63, 3.8) is 0 Å². The average molecular weight is 386 g/mol. The van der Waals surface area contributed by atoms with E-state index < -0.39 is 38.7 Å². The van der Waals surface area contributed by atoms with Crippen LogP contribution in [0.3, 0.4) is 0 Å². The van der Waals surface area contributed by atoms with E-state index in [-0.39, 0.29) is 12.0 Å². The van der Waals surface area contributed by atoms with Crippen molar-refractivity contribution < 1.29 is 27.5 Å². The number of carbonyl (C=O) groups excluding carboxylic acids is 1. The minimum atomic E-state index is -4.21. The molecule has 1 aliphatic rings. The molecule has 0 aliphatic carbocycles. The average Bonchev–Trinajstić information content (AvgIpc) is 3.12. The van der Waals surface area contributed by atoms with Gasteiger partial charge in [-0.3, -0.25) is 9.59 Å². The van der Waals surface area contributed by atoms with Crippen LogP contribution in [0.1, 0.15) is 49.4 Å². The molecule has 0 aromatic heterocycles. The molecule has 1 heterocycles. The number of likely N-dealkylation sites (tertiary alicyclic amines) is 1. The van der Waals surface area contributed by atoms with Crippen LogP contribution < -0.4 is 4.72 Å². The molecule has 0 spiro atoms. The highest BCUT2D eigenvalue weighted by Gasteiger charge is 2.27. The summed E-state index contributed by atoms with van der Waals surface area (Å²) in [7, 11) is -4.21. The third-order valence-corrected chi connectivity index (χ3v) is 5.79. The number of carboxylic acid groups (broad SMARTS) is 1. The molecule has 9 heteroatoms. The highest BCUT2D eigenvalue weighted by Crippen LogP contribution is 2.19. The minimum absolute atomic E-state index is 0.138. The predicted molar refractivity (Wildman–Crippen MR) is 92.8 cm³/mol. The molecule has 0 bridgehead atoms. The standard InChI is InChI=1S/C17H23FN2O5S/c1-2-3-6-15(17(22)23)19-26(24,25)12-7-8-13(14(18)11-12)16(21)20-9-4-5-10-20/h7-8,11,15,19H,2-6,9-10H2,1H3,(H,22,23)/t15-/m0/s1. The molecule has 7 nitrogen and oxygen atoms in total. The molecular weight excluding hydrogens is 363 g/mol. The van der Waals surface area contributed by atoms with E-state index in [4.69, 9.17) is 5.11 Å². The Bertz CT molecular complexity index is 775. The van der Waals surface area contributed by atoms with Gasteiger partial charge in [-0.05, 0) is 37.5 Å². The molecule has 0 radical (unpaired) electrons. The number of amides is 1. The number of carbonyl (C=O) groups is 2. The lowest BCUT2D eigenvalue weighted by atomic mass is 10.1. The number of sulfonamides is 1. The van der Waals surface area contributed by atoms with Crippen molar-refractivity contribution >= 4 is 21.9 Å². The van der Waals surface area contributed by atoms with Crippen LogP contribution in [-0.4, -0.2) is 49.4 Å². The van der Waals surface area contributed by atoms with Gasteiger partial charge in [0.05, 0.1) is 10.5 Å². The first-order chi connectivity index (χ1) is 12.3. The smallest absolute Gasteiger partial charge is 0.321 e. The Kier molecular flexibility index (Phi) is 6.71. The number of aliphatic carboxylic acids is 1. The Morgan fingerprint density at radius 2 is 1.96 bits per heavy atom. The van der Waals surface area contributed by atoms with E-state index in [1.807, 2.05) is 6.92 Å². The predicted octanol–water partition coefficient (Wildman–Crippen LogP) is 1.98. The molecule has 1 aromatic carbocycles. The van der Waals surface area contributed by atoms with Crippen molar-refractivity contribution in [2.45, 2.75) is 50.0 Å². The molecule has 0 unspecified atom stereocenters. The van der Waals surface area contributed by atoms with Crippen LogP contribution in [0.5, 0.6) is 0 Å². The largest absolute Gasteiger partial charge is 0.480 e. The number of hydrogen-bond acceptors (Lipinski definition) is 4. The number of hydrogen-bond donors (Lipinski definition) is 2. The lowest BCUT2D eigenvalue weighted by molar-refractivity contribution is -0.139. The molecule has 2 N–H and O–H groups in total. The van der Waals surface area contributed by atoms with Crippen molar-refractivity contribution in [3.05, 3.63) is 29.6 Å². The SMILES string of the molecule is CCCC[C@H](NS(=O)(=O)c1ccc(C(=O)N2CCCC2)c(F)c1)C(=O)O. The van der Waals surface area contributed by atoms with Gasteiger partial charge in [0.1, 0.15) is 11.9 Å². The second-order valence-corrected chi connectivity index (χ2v) is 8.01. The molecule has 1 fully saturated rings. The zero-order chi connectivity index (χ0) is 19.3. The molecule has 144 valence electrons. The van der Waals surface area contributed by atoms with Crippen molar-refractivity contribution in [2.24, 2.45) is 0 Å². The van der Waals surface area contributed by atoms with Gasteiger partial charge in [0, 0.05) is 13.1 Å². The zero-order valence-electron chi connectivity index (χ0n) is 14.6. The van der Waals surface area contributed by atoms with Crippen LogP contribution in [0.25, 0.3) is 0 Å². The van der Waals surface area contributed by atoms with Gasteiger partial charge in [0.25, 0.3) is 5.91 Å². The van der Waals surface area contributed by atoms with Gasteiger partial charge in [-0.1, -0.05) is 19.8 Å². The summed E-state index contributed by atoms with van der Waals surface area (Å²) in [5.41, 5.74) is -0.188. The maximum atomic E-state index is 14.3. The third kappa shape index (κ3) is 4.79. The number of nitrogens with zero attached hydrogens (tertiary/aromatic N) is 1. The highest BCUT2D eigenvalue weighted by molar-refractivity contribution is 7.89. The Hall–Kier alpha value is -2.00. The van der Waals surface area contributed by atoms with Crippen LogP contribution in [0.15, 0.2) is 23.1 Å². The fourth-order valence-electron chi connectivity index (χ4n) is 2.82. The van der Waals surface area contributed by atoms with Crippen molar-refractivity contribution in [2.75, 3.05) is 13.1 Å². The molecule has 1 saturated heterocycles. The Balaban J connectivity index is 2.20. The van der Waals surface area contributed by atoms with E-state index in [0.29, 0.717) is 25.9 Å². The first-order valence-electron chi connectivity index (χ1n) is 8.60. The zero-order valence-corrected chi connectivity index (χ0v) is 15.4. The number of rotatable bonds is 8. The fraction of sp³-hybridized carbons (Fsp3) is 0.529. The number of nitrogens with one attached hydrogen (secondary N) is 1. The van der Waals surface area contributed by atoms with Crippen molar-refractivity contribution in [3.8, 4) is 0 Å². The second-order valence-electron chi connectivity index (χ2n) is 6.30. The number of unbranched alkanes of at least 4 members (excludes halogenated alkanes) is 1. The summed E-state index contributed by atoms with van der Waals surface area (Å²) >= 11 is 0. The topological polar surface area (TPSA) is 104 Å². The van der Waals surface area contributed by atoms with Gasteiger partial charge in [0.2, 0.25) is 10.0 Å². The summed E-state index contributed by atoms with van der Waals surface area (Å²) in [5.74, 6) is -2.70. The number of halogens is 1. The van der Waals surface area contributed by atoms with Crippen LogP contribution in [0.2, 0.25) is 0 Å². The normalized spacial score (nSPS) is 15.8. The first-order valence-corrected chi connectivity index (χ1v) is 10.1. The van der Waals surface area contributed by atoms with E-state index in [2.05, 4.69) is 4.72 Å². The van der Waals surface area contributed by atoms with Crippen molar-refractivity contribution in [1.29, 1.82) is 0 Å². The molecule has 0 saturated carbocycles. The molecule has 1 aliphatic heterocycles. The minimum Gasteiger partial charge on any atom is -0.480 e. The summed E-state index contributed by atoms with van der Waals surface area (Å²) in [6, 6.07) is 1.72. The molecule has 2 rings (SSSR count). The molecule has 1 aromatic rings. The van der Waals surface area contributed by atoms with Crippen LogP contribution in [-0.2, 0) is 14.8 Å². The summed E-state index contributed by atoms with van der Waals surface area (Å²) in [6.07, 6.45) is 3.11. The maximum absolute atomic E-state index is 14.3. The molecule has 1 atom stereocenters. The maximum Gasteiger partial charge on any atom is 0.321 e. The van der Waals surface area contributed by atoms with Gasteiger partial charge in [-0.15, -0.1) is 0 Å². The Morgan fingerprint density at radius 3 is 2.50 bits per heavy atom. The van der Waals surface area contributed by atoms with Crippen molar-refractivity contribution in [1.82, 2.24) is 9.62 Å². The van der Waals surface area contributed by atoms with Crippen LogP contribution in [0.4, 0.5) is 4.39 Å². The van der Waals surface area contributed by atoms with Gasteiger partial charge < -0.3 is 10.0 Å². The Labute approximate surface area is 152 Å². The lowest BCUT2D eigenvalue weighted by Gasteiger charge is -2.17. The van der Waals surface area contributed by atoms with E-state index in [1.54, 1.807) is 0 Å². The van der Waals surface area contributed by atoms with Crippen LogP contribution in [0, 0.1) is 5.82 Å². The third-order valence-electron chi connectivity index (χ3n) is 4.32. The highest BCUT2D eigenvalue weighted by atomic mass is 32.2. The molecule has 26 heavy (non-hydrogen) atoms. The van der Waals surface area contributed by atoms with Crippen LogP contribution >= 0.6 is 0 Å². The van der Waals surface area contributed by atoms with Gasteiger partial charge in [-0.25, -0.2) is 12.8 Å². The monoisotopic (exact) mass is 386 g/mol. The second kappa shape index (κ2) is 8.59. The summed E-state index contributed by atoms with van der Waals surface area (Å²) in [4.78, 5) is 24.6. The van der Waals surface area contributed by atoms with E-state index in [0.717, 1.165) is 31.0 Å². The van der Waals surface area contributed by atoms with Gasteiger partial charge in [-0.2, -0.15) is 4.72 Å². The summed E-state index contributed by atoms with van der Waals surface area (Å²) < 4.78 is 41.1. The molecule has 1 amide bonds. The number of carboxylic acids is 1. The van der Waals surface area contributed by atoms with Gasteiger partial charge >= 0.3 is 5.97 Å². The fourth-order valence-corrected chi connectivity index (χ4v) is 4.06. The van der Waals surface area contributed by atoms with E-state index >= 15 is 0 Å². The van der Waals surface area contributed by atoms with E-state index in [1.165, 1.54) is 4.90 Å². The summed E-state index contributed by atoms with van der Waals surface area (Å²) in [5, 5.41) is 9.15. The Morgan fingerprint density at radius 1 is 1.31 bits per heavy atom. The lowest BCUT2D eigenvalue weighted by Crippen LogP contribution is -2.40. The van der Waals surface area contributed by atoms with E-state index in [9.17, 15) is 22.4 Å².